The Kier molecular flexibility index (Phi) is 5.74. The van der Waals surface area contributed by atoms with E-state index in [0.29, 0.717) is 11.3 Å². The highest BCUT2D eigenvalue weighted by molar-refractivity contribution is 7.99. The van der Waals surface area contributed by atoms with Crippen molar-refractivity contribution in [3.63, 3.8) is 0 Å². The van der Waals surface area contributed by atoms with E-state index in [0.717, 1.165) is 18.1 Å². The van der Waals surface area contributed by atoms with Crippen molar-refractivity contribution < 1.29 is 4.42 Å². The van der Waals surface area contributed by atoms with Crippen molar-refractivity contribution in [2.24, 2.45) is 0 Å². The first kappa shape index (κ1) is 15.2. The van der Waals surface area contributed by atoms with E-state index in [1.54, 1.807) is 6.26 Å². The number of rotatable bonds is 7. The Balaban J connectivity index is 2.01. The van der Waals surface area contributed by atoms with Gasteiger partial charge in [0.15, 0.2) is 0 Å². The van der Waals surface area contributed by atoms with Crippen molar-refractivity contribution in [2.45, 2.75) is 37.8 Å². The van der Waals surface area contributed by atoms with Crippen molar-refractivity contribution in [2.75, 3.05) is 6.54 Å². The zero-order valence-corrected chi connectivity index (χ0v) is 13.2. The molecule has 1 N–H and O–H groups in total. The van der Waals surface area contributed by atoms with Gasteiger partial charge in [-0.05, 0) is 31.2 Å². The topological polar surface area (TPSA) is 25.2 Å². The molecule has 0 fully saturated rings. The molecule has 0 aliphatic heterocycles. The lowest BCUT2D eigenvalue weighted by molar-refractivity contribution is 0.526. The van der Waals surface area contributed by atoms with Crippen LogP contribution in [0.5, 0.6) is 0 Å². The van der Waals surface area contributed by atoms with E-state index in [1.807, 2.05) is 23.9 Å². The number of aryl methyl sites for hydroxylation is 1. The summed E-state index contributed by atoms with van der Waals surface area (Å²) in [6, 6.07) is 13.2. The average Bonchev–Trinajstić information content (AvgIpc) is 2.97. The molecule has 0 aliphatic rings. The SMILES string of the molecule is CCNC(c1ccc(C)cc1)C(C)SCc1ccco1. The molecule has 3 heteroatoms. The largest absolute Gasteiger partial charge is 0.468 e. The number of nitrogens with one attached hydrogen (secondary N) is 1. The summed E-state index contributed by atoms with van der Waals surface area (Å²) < 4.78 is 5.40. The standard InChI is InChI=1S/C17H23NOS/c1-4-18-17(15-9-7-13(2)8-10-15)14(3)20-12-16-6-5-11-19-16/h5-11,14,17-18H,4,12H2,1-3H3. The molecule has 2 atom stereocenters. The van der Waals surface area contributed by atoms with Crippen LogP contribution in [0.3, 0.4) is 0 Å². The fourth-order valence-corrected chi connectivity index (χ4v) is 3.29. The van der Waals surface area contributed by atoms with Crippen LogP contribution in [0.15, 0.2) is 47.1 Å². The summed E-state index contributed by atoms with van der Waals surface area (Å²) in [6.07, 6.45) is 1.74. The van der Waals surface area contributed by atoms with Gasteiger partial charge in [-0.2, -0.15) is 0 Å². The smallest absolute Gasteiger partial charge is 0.113 e. The van der Waals surface area contributed by atoms with Crippen LogP contribution in [0.4, 0.5) is 0 Å². The summed E-state index contributed by atoms with van der Waals surface area (Å²) in [4.78, 5) is 0. The number of hydrogen-bond donors (Lipinski definition) is 1. The van der Waals surface area contributed by atoms with Crippen LogP contribution < -0.4 is 5.32 Å². The van der Waals surface area contributed by atoms with Crippen molar-refractivity contribution in [1.29, 1.82) is 0 Å². The van der Waals surface area contributed by atoms with E-state index >= 15 is 0 Å². The molecular weight excluding hydrogens is 266 g/mol. The minimum absolute atomic E-state index is 0.376. The van der Waals surface area contributed by atoms with Gasteiger partial charge in [-0.1, -0.05) is 43.7 Å². The minimum Gasteiger partial charge on any atom is -0.468 e. The van der Waals surface area contributed by atoms with Crippen LogP contribution in [0.1, 0.15) is 36.8 Å². The van der Waals surface area contributed by atoms with Gasteiger partial charge in [0.05, 0.1) is 12.0 Å². The lowest BCUT2D eigenvalue weighted by atomic mass is 10.0. The Morgan fingerprint density at radius 1 is 1.20 bits per heavy atom. The lowest BCUT2D eigenvalue weighted by Crippen LogP contribution is -2.28. The van der Waals surface area contributed by atoms with Gasteiger partial charge in [0.25, 0.3) is 0 Å². The fraction of sp³-hybridized carbons (Fsp3) is 0.412. The van der Waals surface area contributed by atoms with Crippen LogP contribution in [0.2, 0.25) is 0 Å². The van der Waals surface area contributed by atoms with Gasteiger partial charge in [-0.15, -0.1) is 11.8 Å². The summed E-state index contributed by atoms with van der Waals surface area (Å²) in [7, 11) is 0. The first-order valence-electron chi connectivity index (χ1n) is 7.14. The van der Waals surface area contributed by atoms with Crippen LogP contribution >= 0.6 is 11.8 Å². The van der Waals surface area contributed by atoms with Gasteiger partial charge < -0.3 is 9.73 Å². The predicted molar refractivity (Wildman–Crippen MR) is 87.1 cm³/mol. The van der Waals surface area contributed by atoms with E-state index in [1.165, 1.54) is 11.1 Å². The second kappa shape index (κ2) is 7.55. The Morgan fingerprint density at radius 3 is 2.55 bits per heavy atom. The van der Waals surface area contributed by atoms with E-state index in [-0.39, 0.29) is 0 Å². The van der Waals surface area contributed by atoms with E-state index in [4.69, 9.17) is 4.42 Å². The molecular formula is C17H23NOS. The molecule has 0 bridgehead atoms. The summed E-state index contributed by atoms with van der Waals surface area (Å²) in [5.41, 5.74) is 2.66. The van der Waals surface area contributed by atoms with E-state index in [9.17, 15) is 0 Å². The third-order valence-electron chi connectivity index (χ3n) is 3.40. The maximum absolute atomic E-state index is 5.40. The maximum atomic E-state index is 5.40. The third kappa shape index (κ3) is 4.15. The van der Waals surface area contributed by atoms with Crippen molar-refractivity contribution in [3.8, 4) is 0 Å². The normalized spacial score (nSPS) is 14.2. The number of thioether (sulfide) groups is 1. The molecule has 1 aromatic heterocycles. The van der Waals surface area contributed by atoms with Gasteiger partial charge in [0.1, 0.15) is 5.76 Å². The molecule has 0 amide bonds. The highest BCUT2D eigenvalue weighted by Gasteiger charge is 2.19. The molecule has 1 aromatic carbocycles. The zero-order valence-electron chi connectivity index (χ0n) is 12.4. The molecule has 2 aromatic rings. The Bertz CT molecular complexity index is 492. The van der Waals surface area contributed by atoms with Crippen LogP contribution in [-0.4, -0.2) is 11.8 Å². The highest BCUT2D eigenvalue weighted by atomic mass is 32.2. The fourth-order valence-electron chi connectivity index (χ4n) is 2.25. The third-order valence-corrected chi connectivity index (χ3v) is 4.65. The van der Waals surface area contributed by atoms with Crippen LogP contribution in [0.25, 0.3) is 0 Å². The monoisotopic (exact) mass is 289 g/mol. The van der Waals surface area contributed by atoms with Gasteiger partial charge in [-0.25, -0.2) is 0 Å². The number of benzene rings is 1. The molecule has 2 rings (SSSR count). The Labute approximate surface area is 126 Å². The molecule has 0 saturated carbocycles. The average molecular weight is 289 g/mol. The lowest BCUT2D eigenvalue weighted by Gasteiger charge is -2.25. The molecule has 1 heterocycles. The Morgan fingerprint density at radius 2 is 1.95 bits per heavy atom. The van der Waals surface area contributed by atoms with Crippen LogP contribution in [-0.2, 0) is 5.75 Å². The number of furan rings is 1. The molecule has 0 saturated heterocycles. The molecule has 20 heavy (non-hydrogen) atoms. The van der Waals surface area contributed by atoms with Gasteiger partial charge in [0.2, 0.25) is 0 Å². The summed E-state index contributed by atoms with van der Waals surface area (Å²) in [6.45, 7) is 7.54. The number of hydrogen-bond acceptors (Lipinski definition) is 3. The summed E-state index contributed by atoms with van der Waals surface area (Å²) >= 11 is 1.92. The molecule has 2 unspecified atom stereocenters. The van der Waals surface area contributed by atoms with Gasteiger partial charge >= 0.3 is 0 Å². The van der Waals surface area contributed by atoms with Crippen LogP contribution in [0, 0.1) is 6.92 Å². The zero-order chi connectivity index (χ0) is 14.4. The summed E-state index contributed by atoms with van der Waals surface area (Å²) in [5.74, 6) is 1.96. The summed E-state index contributed by atoms with van der Waals surface area (Å²) in [5, 5.41) is 4.09. The van der Waals surface area contributed by atoms with Gasteiger partial charge in [-0.3, -0.25) is 0 Å². The predicted octanol–water partition coefficient (Wildman–Crippen LogP) is 4.56. The molecule has 0 aliphatic carbocycles. The van der Waals surface area contributed by atoms with Crippen molar-refractivity contribution in [1.82, 2.24) is 5.32 Å². The first-order valence-corrected chi connectivity index (χ1v) is 8.19. The second-order valence-corrected chi connectivity index (χ2v) is 6.41. The molecule has 108 valence electrons. The maximum Gasteiger partial charge on any atom is 0.113 e. The minimum atomic E-state index is 0.376. The van der Waals surface area contributed by atoms with E-state index in [2.05, 4.69) is 50.4 Å². The quantitative estimate of drug-likeness (QED) is 0.809. The molecule has 0 spiro atoms. The van der Waals surface area contributed by atoms with Crippen molar-refractivity contribution >= 4 is 11.8 Å². The molecule has 2 nitrogen and oxygen atoms in total. The molecule has 0 radical (unpaired) electrons. The van der Waals surface area contributed by atoms with E-state index < -0.39 is 0 Å². The Hall–Kier alpha value is -1.19. The highest BCUT2D eigenvalue weighted by Crippen LogP contribution is 2.29. The van der Waals surface area contributed by atoms with Gasteiger partial charge in [0, 0.05) is 11.3 Å². The van der Waals surface area contributed by atoms with Crippen molar-refractivity contribution in [3.05, 3.63) is 59.5 Å². The second-order valence-electron chi connectivity index (χ2n) is 5.04. The first-order chi connectivity index (χ1) is 9.70.